The molecule has 1 aromatic heterocycles. The highest BCUT2D eigenvalue weighted by molar-refractivity contribution is 6.31. The molecule has 3 heterocycles. The first-order valence-electron chi connectivity index (χ1n) is 11.8. The SMILES string of the molecule is COCOc1cc(Cl)c(F)cc1-c1ccc(N(C)[C@H]2C[C@@H]3CC[C@H]([C@H]2F)N3C(=O)OC(C)(C)C)nn1. The molecule has 0 radical (unpaired) electrons. The van der Waals surface area contributed by atoms with Crippen molar-refractivity contribution in [2.45, 2.75) is 69.9 Å². The van der Waals surface area contributed by atoms with E-state index in [1.807, 2.05) is 0 Å². The van der Waals surface area contributed by atoms with Gasteiger partial charge in [0.25, 0.3) is 0 Å². The molecule has 2 aromatic rings. The number of carbonyl (C=O) groups excluding carboxylic acids is 1. The Bertz CT molecular complexity index is 1100. The molecule has 0 saturated carbocycles. The van der Waals surface area contributed by atoms with Crippen LogP contribution in [-0.4, -0.2) is 72.0 Å². The van der Waals surface area contributed by atoms with E-state index in [-0.39, 0.29) is 17.9 Å². The van der Waals surface area contributed by atoms with Crippen LogP contribution >= 0.6 is 11.6 Å². The number of carbonyl (C=O) groups is 1. The van der Waals surface area contributed by atoms with E-state index in [9.17, 15) is 9.18 Å². The molecule has 2 aliphatic heterocycles. The average molecular weight is 525 g/mol. The smallest absolute Gasteiger partial charge is 0.410 e. The predicted octanol–water partition coefficient (Wildman–Crippen LogP) is 5.23. The normalized spacial score (nSPS) is 23.5. The minimum Gasteiger partial charge on any atom is -0.467 e. The zero-order valence-electron chi connectivity index (χ0n) is 21.0. The van der Waals surface area contributed by atoms with Gasteiger partial charge in [0.15, 0.2) is 12.6 Å². The van der Waals surface area contributed by atoms with Gasteiger partial charge in [0.05, 0.1) is 22.8 Å². The van der Waals surface area contributed by atoms with E-state index < -0.39 is 35.8 Å². The van der Waals surface area contributed by atoms with E-state index in [2.05, 4.69) is 10.2 Å². The van der Waals surface area contributed by atoms with Crippen LogP contribution in [0, 0.1) is 5.82 Å². The number of hydrogen-bond acceptors (Lipinski definition) is 7. The molecule has 196 valence electrons. The highest BCUT2D eigenvalue weighted by atomic mass is 35.5. The van der Waals surface area contributed by atoms with Gasteiger partial charge in [-0.05, 0) is 58.2 Å². The molecule has 0 aliphatic carbocycles. The van der Waals surface area contributed by atoms with E-state index in [1.54, 1.807) is 49.8 Å². The van der Waals surface area contributed by atoms with Crippen LogP contribution in [0.5, 0.6) is 5.75 Å². The number of benzene rings is 1. The van der Waals surface area contributed by atoms with Crippen molar-refractivity contribution in [1.29, 1.82) is 0 Å². The highest BCUT2D eigenvalue weighted by Gasteiger charge is 2.52. The Morgan fingerprint density at radius 1 is 1.25 bits per heavy atom. The second-order valence-corrected chi connectivity index (χ2v) is 10.5. The van der Waals surface area contributed by atoms with Crippen LogP contribution < -0.4 is 9.64 Å². The summed E-state index contributed by atoms with van der Waals surface area (Å²) in [5, 5.41) is 8.42. The van der Waals surface area contributed by atoms with Gasteiger partial charge in [-0.25, -0.2) is 13.6 Å². The first-order chi connectivity index (χ1) is 17.0. The van der Waals surface area contributed by atoms with E-state index in [0.29, 0.717) is 35.7 Å². The second-order valence-electron chi connectivity index (χ2n) is 10.1. The Labute approximate surface area is 214 Å². The molecule has 0 N–H and O–H groups in total. The maximum absolute atomic E-state index is 15.7. The van der Waals surface area contributed by atoms with Gasteiger partial charge in [-0.3, -0.25) is 4.90 Å². The Balaban J connectivity index is 1.52. The number of rotatable bonds is 6. The van der Waals surface area contributed by atoms with Gasteiger partial charge in [-0.1, -0.05) is 11.6 Å². The lowest BCUT2D eigenvalue weighted by Gasteiger charge is -2.44. The number of anilines is 1. The summed E-state index contributed by atoms with van der Waals surface area (Å²) < 4.78 is 45.8. The van der Waals surface area contributed by atoms with Crippen LogP contribution in [0.1, 0.15) is 40.0 Å². The summed E-state index contributed by atoms with van der Waals surface area (Å²) in [7, 11) is 3.23. The summed E-state index contributed by atoms with van der Waals surface area (Å²) >= 11 is 5.90. The molecule has 0 unspecified atom stereocenters. The van der Waals surface area contributed by atoms with Crippen LogP contribution in [0.4, 0.5) is 19.4 Å². The lowest BCUT2D eigenvalue weighted by molar-refractivity contribution is -0.0104. The lowest BCUT2D eigenvalue weighted by atomic mass is 9.94. The van der Waals surface area contributed by atoms with Crippen molar-refractivity contribution in [2.75, 3.05) is 25.9 Å². The third-order valence-corrected chi connectivity index (χ3v) is 6.83. The maximum atomic E-state index is 15.7. The molecular formula is C25H31ClF2N4O4. The van der Waals surface area contributed by atoms with Gasteiger partial charge >= 0.3 is 6.09 Å². The van der Waals surface area contributed by atoms with Gasteiger partial charge in [-0.2, -0.15) is 0 Å². The topological polar surface area (TPSA) is 77.0 Å². The van der Waals surface area contributed by atoms with Crippen LogP contribution in [0.3, 0.4) is 0 Å². The van der Waals surface area contributed by atoms with Crippen LogP contribution in [0.15, 0.2) is 24.3 Å². The Hall–Kier alpha value is -2.72. The quantitative estimate of drug-likeness (QED) is 0.479. The van der Waals surface area contributed by atoms with Crippen LogP contribution in [-0.2, 0) is 9.47 Å². The number of fused-ring (bicyclic) bond motifs is 2. The van der Waals surface area contributed by atoms with Crippen molar-refractivity contribution in [3.63, 3.8) is 0 Å². The molecule has 0 spiro atoms. The fourth-order valence-corrected chi connectivity index (χ4v) is 5.04. The molecule has 11 heteroatoms. The van der Waals surface area contributed by atoms with E-state index in [1.165, 1.54) is 19.2 Å². The number of piperidine rings is 1. The van der Waals surface area contributed by atoms with Crippen molar-refractivity contribution in [3.8, 4) is 17.0 Å². The first-order valence-corrected chi connectivity index (χ1v) is 12.2. The fraction of sp³-hybridized carbons (Fsp3) is 0.560. The number of halogens is 3. The van der Waals surface area contributed by atoms with Crippen molar-refractivity contribution in [1.82, 2.24) is 15.1 Å². The Kier molecular flexibility index (Phi) is 7.56. The van der Waals surface area contributed by atoms with Gasteiger partial charge < -0.3 is 19.1 Å². The zero-order chi connectivity index (χ0) is 26.2. The zero-order valence-corrected chi connectivity index (χ0v) is 21.8. The lowest BCUT2D eigenvalue weighted by Crippen LogP contribution is -2.59. The second kappa shape index (κ2) is 10.3. The molecule has 1 aromatic carbocycles. The minimum absolute atomic E-state index is 0.0502. The molecule has 2 fully saturated rings. The first kappa shape index (κ1) is 26.3. The summed E-state index contributed by atoms with van der Waals surface area (Å²) in [6.07, 6.45) is 0.0264. The predicted molar refractivity (Wildman–Crippen MR) is 132 cm³/mol. The van der Waals surface area contributed by atoms with Crippen LogP contribution in [0.2, 0.25) is 5.02 Å². The third-order valence-electron chi connectivity index (χ3n) is 6.54. The monoisotopic (exact) mass is 524 g/mol. The maximum Gasteiger partial charge on any atom is 0.410 e. The van der Waals surface area contributed by atoms with Gasteiger partial charge in [0, 0.05) is 31.8 Å². The molecule has 36 heavy (non-hydrogen) atoms. The van der Waals surface area contributed by atoms with Gasteiger partial charge in [0.2, 0.25) is 0 Å². The molecule has 2 aliphatic rings. The van der Waals surface area contributed by atoms with Crippen molar-refractivity contribution < 1.29 is 27.8 Å². The molecule has 4 rings (SSSR count). The Morgan fingerprint density at radius 2 is 2.00 bits per heavy atom. The molecule has 4 atom stereocenters. The molecule has 2 saturated heterocycles. The Morgan fingerprint density at radius 3 is 2.64 bits per heavy atom. The van der Waals surface area contributed by atoms with Crippen molar-refractivity contribution in [3.05, 3.63) is 35.1 Å². The average Bonchev–Trinajstić information content (AvgIpc) is 3.17. The number of hydrogen-bond donors (Lipinski definition) is 0. The summed E-state index contributed by atoms with van der Waals surface area (Å²) in [6.45, 7) is 5.35. The third kappa shape index (κ3) is 5.34. The summed E-state index contributed by atoms with van der Waals surface area (Å²) in [5.74, 6) is 0.144. The van der Waals surface area contributed by atoms with E-state index in [4.69, 9.17) is 25.8 Å². The summed E-state index contributed by atoms with van der Waals surface area (Å²) in [4.78, 5) is 16.1. The summed E-state index contributed by atoms with van der Waals surface area (Å²) in [5.41, 5.74) is 0.0857. The highest BCUT2D eigenvalue weighted by Crippen LogP contribution is 2.41. The number of nitrogens with zero attached hydrogens (tertiary/aromatic N) is 4. The summed E-state index contributed by atoms with van der Waals surface area (Å²) in [6, 6.07) is 4.82. The standard InChI is InChI=1S/C25H31ClF2N4O4/c1-25(2,3)36-24(33)32-14-6-8-19(32)23(28)20(10-14)31(4)22-9-7-18(29-30-22)15-11-17(27)16(26)12-21(15)35-13-34-5/h7,9,11-12,14,19-20,23H,6,8,10,13H2,1-5H3/t14-,19+,20-,23+/m0/s1. The molecular weight excluding hydrogens is 494 g/mol. The number of aromatic nitrogens is 2. The molecule has 2 bridgehead atoms. The van der Waals surface area contributed by atoms with Gasteiger partial charge in [-0.15, -0.1) is 10.2 Å². The molecule has 8 nitrogen and oxygen atoms in total. The van der Waals surface area contributed by atoms with Crippen molar-refractivity contribution in [2.24, 2.45) is 0 Å². The number of ether oxygens (including phenoxy) is 3. The number of alkyl halides is 1. The molecule has 1 amide bonds. The van der Waals surface area contributed by atoms with Crippen LogP contribution in [0.25, 0.3) is 11.3 Å². The fourth-order valence-electron chi connectivity index (χ4n) is 4.89. The largest absolute Gasteiger partial charge is 0.467 e. The number of methoxy groups -OCH3 is 1. The minimum atomic E-state index is -1.28. The van der Waals surface area contributed by atoms with Crippen molar-refractivity contribution >= 4 is 23.5 Å². The number of amides is 1. The van der Waals surface area contributed by atoms with Gasteiger partial charge in [0.1, 0.15) is 23.3 Å². The van der Waals surface area contributed by atoms with E-state index in [0.717, 1.165) is 6.42 Å². The van der Waals surface area contributed by atoms with E-state index >= 15 is 4.39 Å².